The van der Waals surface area contributed by atoms with Crippen molar-refractivity contribution >= 4 is 32.3 Å². The maximum Gasteiger partial charge on any atom is 0.146 e. The first-order valence-corrected chi connectivity index (χ1v) is 5.99. The van der Waals surface area contributed by atoms with Crippen molar-refractivity contribution in [3.63, 3.8) is 0 Å². The number of hydrogen-bond donors (Lipinski definition) is 0. The predicted octanol–water partition coefficient (Wildman–Crippen LogP) is 3.87. The van der Waals surface area contributed by atoms with Gasteiger partial charge in [0.2, 0.25) is 0 Å². The summed E-state index contributed by atoms with van der Waals surface area (Å²) in [6, 6.07) is 8.59. The van der Waals surface area contributed by atoms with Crippen molar-refractivity contribution in [3.8, 4) is 0 Å². The molecule has 0 aliphatic heterocycles. The van der Waals surface area contributed by atoms with Crippen LogP contribution in [0.4, 0.5) is 0 Å². The molecule has 0 radical (unpaired) electrons. The SMILES string of the molecule is Cc1ccc2c(ccn3c(C)c(Br)nc23)c1. The fourth-order valence-corrected chi connectivity index (χ4v) is 2.40. The van der Waals surface area contributed by atoms with Gasteiger partial charge in [0, 0.05) is 11.6 Å². The van der Waals surface area contributed by atoms with Crippen LogP contribution >= 0.6 is 15.9 Å². The molecule has 0 aliphatic carbocycles. The maximum absolute atomic E-state index is 4.55. The summed E-state index contributed by atoms with van der Waals surface area (Å²) in [5.74, 6) is 0. The number of aromatic nitrogens is 2. The molecule has 0 bridgehead atoms. The summed E-state index contributed by atoms with van der Waals surface area (Å²) < 4.78 is 3.03. The Morgan fingerprint density at radius 2 is 2.00 bits per heavy atom. The zero-order valence-corrected chi connectivity index (χ0v) is 10.7. The molecule has 0 fully saturated rings. The molecule has 0 N–H and O–H groups in total. The van der Waals surface area contributed by atoms with Crippen molar-refractivity contribution in [1.29, 1.82) is 0 Å². The predicted molar refractivity (Wildman–Crippen MR) is 69.9 cm³/mol. The van der Waals surface area contributed by atoms with Crippen LogP contribution in [0.1, 0.15) is 11.3 Å². The lowest BCUT2D eigenvalue weighted by molar-refractivity contribution is 1.11. The summed E-state index contributed by atoms with van der Waals surface area (Å²) in [6.07, 6.45) is 2.07. The van der Waals surface area contributed by atoms with E-state index in [4.69, 9.17) is 0 Å². The van der Waals surface area contributed by atoms with Gasteiger partial charge in [-0.15, -0.1) is 0 Å². The quantitative estimate of drug-likeness (QED) is 0.608. The third kappa shape index (κ3) is 1.28. The minimum Gasteiger partial charge on any atom is -0.303 e. The van der Waals surface area contributed by atoms with E-state index in [9.17, 15) is 0 Å². The molecule has 0 spiro atoms. The number of benzene rings is 1. The number of rotatable bonds is 0. The molecule has 16 heavy (non-hydrogen) atoms. The number of pyridine rings is 1. The standard InChI is InChI=1S/C13H11BrN2/c1-8-3-4-11-10(7-8)5-6-16-9(2)12(14)15-13(11)16/h3-7H,1-2H3. The highest BCUT2D eigenvalue weighted by Crippen LogP contribution is 2.24. The zero-order valence-electron chi connectivity index (χ0n) is 9.16. The molecule has 2 aromatic heterocycles. The van der Waals surface area contributed by atoms with Gasteiger partial charge in [0.05, 0.1) is 5.69 Å². The van der Waals surface area contributed by atoms with Gasteiger partial charge in [-0.2, -0.15) is 0 Å². The van der Waals surface area contributed by atoms with Gasteiger partial charge in [0.25, 0.3) is 0 Å². The van der Waals surface area contributed by atoms with Crippen LogP contribution in [0.5, 0.6) is 0 Å². The summed E-state index contributed by atoms with van der Waals surface area (Å²) in [6.45, 7) is 4.17. The molecule has 80 valence electrons. The van der Waals surface area contributed by atoms with Gasteiger partial charge in [-0.1, -0.05) is 23.8 Å². The molecule has 0 unspecified atom stereocenters. The van der Waals surface area contributed by atoms with Gasteiger partial charge >= 0.3 is 0 Å². The van der Waals surface area contributed by atoms with Crippen molar-refractivity contribution < 1.29 is 0 Å². The summed E-state index contributed by atoms with van der Waals surface area (Å²) in [4.78, 5) is 4.55. The third-order valence-corrected chi connectivity index (χ3v) is 3.69. The Labute approximate surface area is 102 Å². The number of halogens is 1. The molecule has 0 atom stereocenters. The smallest absolute Gasteiger partial charge is 0.146 e. The molecule has 0 amide bonds. The highest BCUT2D eigenvalue weighted by molar-refractivity contribution is 9.10. The van der Waals surface area contributed by atoms with Gasteiger partial charge in [-0.3, -0.25) is 0 Å². The first-order chi connectivity index (χ1) is 7.66. The van der Waals surface area contributed by atoms with Crippen molar-refractivity contribution in [2.24, 2.45) is 0 Å². The Kier molecular flexibility index (Phi) is 2.04. The summed E-state index contributed by atoms with van der Waals surface area (Å²) in [5.41, 5.74) is 3.43. The number of aryl methyl sites for hydroxylation is 2. The first kappa shape index (κ1) is 9.85. The summed E-state index contributed by atoms with van der Waals surface area (Å²) in [5, 5.41) is 2.44. The van der Waals surface area contributed by atoms with Crippen LogP contribution < -0.4 is 0 Å². The van der Waals surface area contributed by atoms with E-state index < -0.39 is 0 Å². The lowest BCUT2D eigenvalue weighted by Crippen LogP contribution is -1.88. The number of hydrogen-bond acceptors (Lipinski definition) is 1. The van der Waals surface area contributed by atoms with Crippen LogP contribution in [0, 0.1) is 13.8 Å². The number of fused-ring (bicyclic) bond motifs is 3. The van der Waals surface area contributed by atoms with E-state index in [0.29, 0.717) is 0 Å². The normalized spacial score (nSPS) is 11.4. The van der Waals surface area contributed by atoms with Crippen LogP contribution in [-0.2, 0) is 0 Å². The van der Waals surface area contributed by atoms with Crippen LogP contribution in [-0.4, -0.2) is 9.38 Å². The summed E-state index contributed by atoms with van der Waals surface area (Å²) >= 11 is 3.48. The molecule has 0 aliphatic rings. The summed E-state index contributed by atoms with van der Waals surface area (Å²) in [7, 11) is 0. The highest BCUT2D eigenvalue weighted by Gasteiger charge is 2.08. The Bertz CT molecular complexity index is 698. The van der Waals surface area contributed by atoms with E-state index in [1.54, 1.807) is 0 Å². The molecule has 0 saturated heterocycles. The van der Waals surface area contributed by atoms with Crippen LogP contribution in [0.3, 0.4) is 0 Å². The van der Waals surface area contributed by atoms with Gasteiger partial charge in [-0.25, -0.2) is 4.98 Å². The minimum atomic E-state index is 0.917. The molecular weight excluding hydrogens is 264 g/mol. The molecule has 3 heteroatoms. The molecule has 2 heterocycles. The van der Waals surface area contributed by atoms with E-state index in [2.05, 4.69) is 69.6 Å². The van der Waals surface area contributed by atoms with Crippen molar-refractivity contribution in [2.45, 2.75) is 13.8 Å². The lowest BCUT2D eigenvalue weighted by Gasteiger charge is -2.02. The van der Waals surface area contributed by atoms with Gasteiger partial charge < -0.3 is 4.40 Å². The zero-order chi connectivity index (χ0) is 11.3. The van der Waals surface area contributed by atoms with Gasteiger partial charge in [0.15, 0.2) is 0 Å². The maximum atomic E-state index is 4.55. The molecule has 1 aromatic carbocycles. The Morgan fingerprint density at radius 3 is 2.81 bits per heavy atom. The second kappa shape index (κ2) is 3.32. The Balaban J connectivity index is 2.54. The second-order valence-electron chi connectivity index (χ2n) is 4.09. The average molecular weight is 275 g/mol. The van der Waals surface area contributed by atoms with Crippen molar-refractivity contribution in [2.75, 3.05) is 0 Å². The van der Waals surface area contributed by atoms with E-state index in [1.807, 2.05) is 0 Å². The average Bonchev–Trinajstić information content (AvgIpc) is 2.55. The third-order valence-electron chi connectivity index (χ3n) is 2.94. The molecule has 3 rings (SSSR count). The topological polar surface area (TPSA) is 17.3 Å². The highest BCUT2D eigenvalue weighted by atomic mass is 79.9. The number of imidazole rings is 1. The molecule has 3 aromatic rings. The molecular formula is C13H11BrN2. The lowest BCUT2D eigenvalue weighted by atomic mass is 10.1. The van der Waals surface area contributed by atoms with Gasteiger partial charge in [-0.05, 0) is 41.2 Å². The fourth-order valence-electron chi connectivity index (χ4n) is 2.04. The van der Waals surface area contributed by atoms with E-state index in [1.165, 1.54) is 16.3 Å². The number of nitrogens with zero attached hydrogens (tertiary/aromatic N) is 2. The Morgan fingerprint density at radius 1 is 1.19 bits per heavy atom. The minimum absolute atomic E-state index is 0.917. The van der Waals surface area contributed by atoms with Gasteiger partial charge in [0.1, 0.15) is 10.3 Å². The molecule has 0 saturated carbocycles. The van der Waals surface area contributed by atoms with Crippen LogP contribution in [0.25, 0.3) is 16.4 Å². The van der Waals surface area contributed by atoms with Crippen LogP contribution in [0.2, 0.25) is 0 Å². The fraction of sp³-hybridized carbons (Fsp3) is 0.154. The van der Waals surface area contributed by atoms with Crippen molar-refractivity contribution in [1.82, 2.24) is 9.38 Å². The van der Waals surface area contributed by atoms with E-state index in [0.717, 1.165) is 15.9 Å². The molecule has 2 nitrogen and oxygen atoms in total. The largest absolute Gasteiger partial charge is 0.303 e. The van der Waals surface area contributed by atoms with Crippen LogP contribution in [0.15, 0.2) is 35.1 Å². The monoisotopic (exact) mass is 274 g/mol. The van der Waals surface area contributed by atoms with E-state index >= 15 is 0 Å². The van der Waals surface area contributed by atoms with Crippen molar-refractivity contribution in [3.05, 3.63) is 46.3 Å². The second-order valence-corrected chi connectivity index (χ2v) is 4.84. The first-order valence-electron chi connectivity index (χ1n) is 5.20. The Hall–Kier alpha value is -1.35. The van der Waals surface area contributed by atoms with E-state index in [-0.39, 0.29) is 0 Å².